The van der Waals surface area contributed by atoms with E-state index in [2.05, 4.69) is 20.9 Å². The van der Waals surface area contributed by atoms with Gasteiger partial charge in [-0.05, 0) is 33.1 Å². The molecule has 2 atom stereocenters. The molecule has 2 heterocycles. The number of aliphatic hydroxyl groups excluding tert-OH is 1. The Balaban J connectivity index is 1.74. The van der Waals surface area contributed by atoms with Crippen LogP contribution in [0, 0.1) is 0 Å². The van der Waals surface area contributed by atoms with Gasteiger partial charge in [0.1, 0.15) is 18.4 Å². The maximum Gasteiger partial charge on any atom is 0.226 e. The van der Waals surface area contributed by atoms with Gasteiger partial charge in [0.25, 0.3) is 0 Å². The molecule has 0 amide bonds. The summed E-state index contributed by atoms with van der Waals surface area (Å²) in [5.74, 6) is 2.48. The van der Waals surface area contributed by atoms with E-state index in [1.54, 1.807) is 0 Å². The van der Waals surface area contributed by atoms with Crippen molar-refractivity contribution in [1.82, 2.24) is 9.97 Å². The largest absolute Gasteiger partial charge is 0.371 e. The zero-order valence-corrected chi connectivity index (χ0v) is 14.6. The standard InChI is InChI=1S/C17H29N5O2/c1-11(12(2)24-10-23)19-17-21-15-14(8-9-18-15)16(22-17)20-13-6-4-3-5-7-13/h11-13,23H,3-10H2,1-2H3,(H3,18,19,20,21,22). The molecule has 2 aliphatic rings. The van der Waals surface area contributed by atoms with E-state index in [-0.39, 0.29) is 18.9 Å². The molecule has 4 N–H and O–H groups in total. The lowest BCUT2D eigenvalue weighted by molar-refractivity contribution is -0.0470. The molecule has 1 aromatic heterocycles. The van der Waals surface area contributed by atoms with Gasteiger partial charge in [0.05, 0.1) is 12.1 Å². The molecule has 3 rings (SSSR count). The Morgan fingerprint density at radius 3 is 2.79 bits per heavy atom. The van der Waals surface area contributed by atoms with Gasteiger partial charge >= 0.3 is 0 Å². The minimum Gasteiger partial charge on any atom is -0.371 e. The molecule has 0 radical (unpaired) electrons. The molecule has 24 heavy (non-hydrogen) atoms. The van der Waals surface area contributed by atoms with Crippen LogP contribution >= 0.6 is 0 Å². The highest BCUT2D eigenvalue weighted by atomic mass is 16.6. The lowest BCUT2D eigenvalue weighted by atomic mass is 9.95. The van der Waals surface area contributed by atoms with Gasteiger partial charge in [0, 0.05) is 18.2 Å². The van der Waals surface area contributed by atoms with Crippen LogP contribution in [0.15, 0.2) is 0 Å². The van der Waals surface area contributed by atoms with Crippen molar-refractivity contribution >= 4 is 17.6 Å². The van der Waals surface area contributed by atoms with Gasteiger partial charge in [0.2, 0.25) is 5.95 Å². The van der Waals surface area contributed by atoms with E-state index in [1.165, 1.54) is 37.7 Å². The molecule has 7 nitrogen and oxygen atoms in total. The number of hydrogen-bond donors (Lipinski definition) is 4. The number of ether oxygens (including phenoxy) is 1. The third-order valence-electron chi connectivity index (χ3n) is 5.02. The molecule has 1 aliphatic carbocycles. The van der Waals surface area contributed by atoms with Crippen LogP contribution in [0.25, 0.3) is 0 Å². The molecule has 1 aliphatic heterocycles. The van der Waals surface area contributed by atoms with Gasteiger partial charge in [-0.3, -0.25) is 0 Å². The van der Waals surface area contributed by atoms with Crippen LogP contribution in [0.1, 0.15) is 51.5 Å². The Morgan fingerprint density at radius 1 is 1.25 bits per heavy atom. The predicted octanol–water partition coefficient (Wildman–Crippen LogP) is 2.34. The van der Waals surface area contributed by atoms with E-state index >= 15 is 0 Å². The highest BCUT2D eigenvalue weighted by Gasteiger charge is 2.23. The Bertz CT molecular complexity index is 548. The molecular formula is C17H29N5O2. The van der Waals surface area contributed by atoms with E-state index in [9.17, 15) is 0 Å². The maximum atomic E-state index is 8.90. The predicted molar refractivity (Wildman–Crippen MR) is 95.4 cm³/mol. The Morgan fingerprint density at radius 2 is 2.04 bits per heavy atom. The maximum absolute atomic E-state index is 8.90. The number of aromatic nitrogens is 2. The summed E-state index contributed by atoms with van der Waals surface area (Å²) in [4.78, 5) is 9.33. The first-order valence-electron chi connectivity index (χ1n) is 9.07. The normalized spacial score (nSPS) is 20.1. The van der Waals surface area contributed by atoms with E-state index in [1.807, 2.05) is 13.8 Å². The number of fused-ring (bicyclic) bond motifs is 1. The van der Waals surface area contributed by atoms with Crippen LogP contribution in [0.3, 0.4) is 0 Å². The topological polar surface area (TPSA) is 91.3 Å². The van der Waals surface area contributed by atoms with Gasteiger partial charge in [-0.25, -0.2) is 0 Å². The second kappa shape index (κ2) is 7.98. The van der Waals surface area contributed by atoms with Crippen LogP contribution in [0.4, 0.5) is 17.6 Å². The van der Waals surface area contributed by atoms with E-state index in [0.29, 0.717) is 12.0 Å². The average molecular weight is 335 g/mol. The Hall–Kier alpha value is -1.60. The monoisotopic (exact) mass is 335 g/mol. The number of aliphatic hydroxyl groups is 1. The van der Waals surface area contributed by atoms with Crippen molar-refractivity contribution in [2.45, 2.75) is 70.6 Å². The summed E-state index contributed by atoms with van der Waals surface area (Å²) in [5, 5.41) is 19.2. The molecule has 0 spiro atoms. The van der Waals surface area contributed by atoms with Crippen molar-refractivity contribution < 1.29 is 9.84 Å². The van der Waals surface area contributed by atoms with Crippen molar-refractivity contribution in [3.63, 3.8) is 0 Å². The Kier molecular flexibility index (Phi) is 5.73. The van der Waals surface area contributed by atoms with Crippen molar-refractivity contribution in [1.29, 1.82) is 0 Å². The first-order chi connectivity index (χ1) is 11.7. The third-order valence-corrected chi connectivity index (χ3v) is 5.02. The van der Waals surface area contributed by atoms with E-state index in [0.717, 1.165) is 24.6 Å². The van der Waals surface area contributed by atoms with Crippen LogP contribution < -0.4 is 16.0 Å². The van der Waals surface area contributed by atoms with Crippen LogP contribution in [0.2, 0.25) is 0 Å². The molecule has 1 aromatic rings. The Labute approximate surface area is 143 Å². The summed E-state index contributed by atoms with van der Waals surface area (Å²) >= 11 is 0. The lowest BCUT2D eigenvalue weighted by Crippen LogP contribution is -2.32. The third kappa shape index (κ3) is 4.08. The first kappa shape index (κ1) is 17.2. The first-order valence-corrected chi connectivity index (χ1v) is 9.07. The highest BCUT2D eigenvalue weighted by Crippen LogP contribution is 2.30. The molecule has 2 unspecified atom stereocenters. The molecule has 0 aromatic carbocycles. The number of hydrogen-bond acceptors (Lipinski definition) is 7. The number of nitrogens with zero attached hydrogens (tertiary/aromatic N) is 2. The summed E-state index contributed by atoms with van der Waals surface area (Å²) in [6, 6.07) is 0.513. The van der Waals surface area contributed by atoms with Gasteiger partial charge in [-0.1, -0.05) is 19.3 Å². The number of anilines is 3. The summed E-state index contributed by atoms with van der Waals surface area (Å²) in [7, 11) is 0. The molecule has 7 heteroatoms. The summed E-state index contributed by atoms with van der Waals surface area (Å²) in [5.41, 5.74) is 1.19. The zero-order valence-electron chi connectivity index (χ0n) is 14.6. The van der Waals surface area contributed by atoms with Gasteiger partial charge in [-0.2, -0.15) is 9.97 Å². The molecule has 134 valence electrons. The zero-order chi connectivity index (χ0) is 16.9. The highest BCUT2D eigenvalue weighted by molar-refractivity contribution is 5.64. The average Bonchev–Trinajstić information content (AvgIpc) is 3.05. The second-order valence-corrected chi connectivity index (χ2v) is 6.81. The fourth-order valence-electron chi connectivity index (χ4n) is 3.38. The molecule has 1 fully saturated rings. The van der Waals surface area contributed by atoms with Crippen molar-refractivity contribution in [3.8, 4) is 0 Å². The lowest BCUT2D eigenvalue weighted by Gasteiger charge is -2.25. The molecule has 0 bridgehead atoms. The summed E-state index contributed by atoms with van der Waals surface area (Å²) < 4.78 is 5.23. The van der Waals surface area contributed by atoms with Crippen molar-refractivity contribution in [2.75, 3.05) is 29.3 Å². The van der Waals surface area contributed by atoms with E-state index in [4.69, 9.17) is 14.8 Å². The van der Waals surface area contributed by atoms with Gasteiger partial charge < -0.3 is 25.8 Å². The minimum atomic E-state index is -0.283. The van der Waals surface area contributed by atoms with Gasteiger partial charge in [-0.15, -0.1) is 0 Å². The molecular weight excluding hydrogens is 306 g/mol. The minimum absolute atomic E-state index is 0.000802. The van der Waals surface area contributed by atoms with Crippen LogP contribution in [0.5, 0.6) is 0 Å². The number of nitrogens with one attached hydrogen (secondary N) is 3. The molecule has 1 saturated carbocycles. The summed E-state index contributed by atoms with van der Waals surface area (Å²) in [6.45, 7) is 4.54. The van der Waals surface area contributed by atoms with Crippen molar-refractivity contribution in [3.05, 3.63) is 5.56 Å². The number of rotatable bonds is 7. The van der Waals surface area contributed by atoms with Crippen LogP contribution in [-0.4, -0.2) is 46.6 Å². The fraction of sp³-hybridized carbons (Fsp3) is 0.765. The van der Waals surface area contributed by atoms with Gasteiger partial charge in [0.15, 0.2) is 0 Å². The van der Waals surface area contributed by atoms with Crippen molar-refractivity contribution in [2.24, 2.45) is 0 Å². The van der Waals surface area contributed by atoms with Crippen LogP contribution in [-0.2, 0) is 11.2 Å². The SMILES string of the molecule is CC(Nc1nc2c(c(NC3CCCCC3)n1)CCN2)C(C)OCO. The fourth-order valence-corrected chi connectivity index (χ4v) is 3.38. The summed E-state index contributed by atoms with van der Waals surface area (Å²) in [6.07, 6.45) is 7.19. The second-order valence-electron chi connectivity index (χ2n) is 6.81. The smallest absolute Gasteiger partial charge is 0.226 e. The van der Waals surface area contributed by atoms with E-state index < -0.39 is 0 Å². The quantitative estimate of drug-likeness (QED) is 0.569. The molecule has 0 saturated heterocycles.